The van der Waals surface area contributed by atoms with Gasteiger partial charge in [0, 0.05) is 22.8 Å². The molecule has 0 saturated heterocycles. The van der Waals surface area contributed by atoms with Gasteiger partial charge in [-0.25, -0.2) is 9.59 Å². The zero-order valence-corrected chi connectivity index (χ0v) is 41.4. The van der Waals surface area contributed by atoms with Crippen molar-refractivity contribution >= 4 is 28.8 Å². The predicted octanol–water partition coefficient (Wildman–Crippen LogP) is 15.8. The van der Waals surface area contributed by atoms with Crippen molar-refractivity contribution in [2.24, 2.45) is 0 Å². The van der Waals surface area contributed by atoms with Crippen molar-refractivity contribution in [1.29, 1.82) is 0 Å². The van der Waals surface area contributed by atoms with Crippen molar-refractivity contribution < 1.29 is 28.6 Å². The van der Waals surface area contributed by atoms with Crippen molar-refractivity contribution in [3.63, 3.8) is 0 Å². The second-order valence-electron chi connectivity index (χ2n) is 18.5. The van der Waals surface area contributed by atoms with Gasteiger partial charge in [0.05, 0.1) is 0 Å². The molecule has 63 heavy (non-hydrogen) atoms. The van der Waals surface area contributed by atoms with E-state index in [9.17, 15) is 14.4 Å². The highest BCUT2D eigenvalue weighted by molar-refractivity contribution is 5.99. The summed E-state index contributed by atoms with van der Waals surface area (Å²) in [6.07, 6.45) is 29.5. The predicted molar refractivity (Wildman–Crippen MR) is 266 cm³/mol. The summed E-state index contributed by atoms with van der Waals surface area (Å²) in [4.78, 5) is 37.8. The van der Waals surface area contributed by atoms with Crippen LogP contribution in [0.4, 0.5) is 4.79 Å². The lowest BCUT2D eigenvalue weighted by molar-refractivity contribution is -0.134. The molecule has 1 N–H and O–H groups in total. The van der Waals surface area contributed by atoms with Crippen molar-refractivity contribution in [3.05, 3.63) is 117 Å². The van der Waals surface area contributed by atoms with Gasteiger partial charge < -0.3 is 19.5 Å². The summed E-state index contributed by atoms with van der Waals surface area (Å²) < 4.78 is 17.1. The second kappa shape index (κ2) is 28.7. The lowest BCUT2D eigenvalue weighted by atomic mass is 9.95. The Morgan fingerprint density at radius 1 is 0.556 bits per heavy atom. The summed E-state index contributed by atoms with van der Waals surface area (Å²) in [6, 6.07) is 7.41. The van der Waals surface area contributed by atoms with E-state index in [0.29, 0.717) is 34.3 Å². The van der Waals surface area contributed by atoms with Gasteiger partial charge >= 0.3 is 18.0 Å². The first kappa shape index (κ1) is 54.2. The SMILES string of the molecule is CCC(=O)Oc1c(C/C=C(\C)CC/C=C(\C)CC/C=C(\C)CC/C=C(\C)CC/C=C(\C)CC/C=C(\C)CCC=C(C)C)c(C)c(OC(=O)CNC(=O)OC(C)(C)C)c2ccccc12. The van der Waals surface area contributed by atoms with Crippen LogP contribution in [0.2, 0.25) is 0 Å². The molecule has 2 aromatic carbocycles. The number of esters is 2. The Kier molecular flexibility index (Phi) is 24.7. The van der Waals surface area contributed by atoms with E-state index >= 15 is 0 Å². The number of carbonyl (C=O) groups is 3. The van der Waals surface area contributed by atoms with Gasteiger partial charge in [0.1, 0.15) is 23.6 Å². The number of hydrogen-bond donors (Lipinski definition) is 1. The van der Waals surface area contributed by atoms with E-state index in [0.717, 1.165) is 82.6 Å². The Balaban J connectivity index is 1.94. The molecule has 2 rings (SSSR count). The molecule has 2 aromatic rings. The van der Waals surface area contributed by atoms with Crippen LogP contribution in [-0.2, 0) is 20.7 Å². The van der Waals surface area contributed by atoms with E-state index in [-0.39, 0.29) is 18.9 Å². The standard InChI is InChI=1S/C56H81NO6/c1-14-51(58)61-54-48(47(10)53(49-35-15-16-36-50(49)54)62-52(59)39-57-55(60)63-56(11,12)13)38-37-46(9)34-22-33-45(8)32-21-31-44(7)30-20-29-43(6)28-19-27-42(5)26-18-25-41(4)24-17-23-40(2)3/h15-16,23,25,27,29,31,33,35-37H,14,17-22,24,26,28,30,32,34,38-39H2,1-13H3,(H,57,60)/b41-25+,42-27+,43-29+,44-31+,45-33+,46-37+. The molecule has 7 heteroatoms. The van der Waals surface area contributed by atoms with Crippen LogP contribution >= 0.6 is 0 Å². The molecule has 0 unspecified atom stereocenters. The van der Waals surface area contributed by atoms with E-state index in [1.165, 1.54) is 39.0 Å². The largest absolute Gasteiger partial charge is 0.444 e. The van der Waals surface area contributed by atoms with Gasteiger partial charge in [-0.3, -0.25) is 4.79 Å². The molecule has 0 atom stereocenters. The van der Waals surface area contributed by atoms with Crippen LogP contribution in [0.5, 0.6) is 11.5 Å². The number of ether oxygens (including phenoxy) is 3. The van der Waals surface area contributed by atoms with Crippen LogP contribution in [0.3, 0.4) is 0 Å². The maximum Gasteiger partial charge on any atom is 0.408 e. The van der Waals surface area contributed by atoms with Gasteiger partial charge in [-0.1, -0.05) is 113 Å². The van der Waals surface area contributed by atoms with Gasteiger partial charge in [0.25, 0.3) is 0 Å². The summed E-state index contributed by atoms with van der Waals surface area (Å²) >= 11 is 0. The number of amides is 1. The maximum atomic E-state index is 13.0. The quantitative estimate of drug-likeness (QED) is 0.0607. The molecule has 0 bridgehead atoms. The zero-order valence-electron chi connectivity index (χ0n) is 41.4. The van der Waals surface area contributed by atoms with Crippen LogP contribution in [0.15, 0.2) is 106 Å². The Bertz CT molecular complexity index is 2040. The second-order valence-corrected chi connectivity index (χ2v) is 18.5. The summed E-state index contributed by atoms with van der Waals surface area (Å²) in [7, 11) is 0. The Labute approximate surface area is 381 Å². The fourth-order valence-corrected chi connectivity index (χ4v) is 7.05. The Morgan fingerprint density at radius 2 is 0.937 bits per heavy atom. The van der Waals surface area contributed by atoms with Crippen molar-refractivity contribution in [2.75, 3.05) is 6.54 Å². The molecular formula is C56H81NO6. The summed E-state index contributed by atoms with van der Waals surface area (Å²) in [5, 5.41) is 3.79. The highest BCUT2D eigenvalue weighted by atomic mass is 16.6. The van der Waals surface area contributed by atoms with Crippen LogP contribution in [0.1, 0.15) is 178 Å². The molecule has 0 fully saturated rings. The molecule has 0 radical (unpaired) electrons. The van der Waals surface area contributed by atoms with E-state index in [4.69, 9.17) is 14.2 Å². The zero-order chi connectivity index (χ0) is 47.0. The first-order valence-electron chi connectivity index (χ1n) is 23.3. The third-order valence-corrected chi connectivity index (χ3v) is 10.9. The van der Waals surface area contributed by atoms with Gasteiger partial charge in [0.2, 0.25) is 0 Å². The minimum absolute atomic E-state index is 0.224. The molecule has 0 saturated carbocycles. The van der Waals surface area contributed by atoms with Crippen molar-refractivity contribution in [3.8, 4) is 11.5 Å². The molecule has 346 valence electrons. The van der Waals surface area contributed by atoms with Gasteiger partial charge in [-0.05, 0) is 172 Å². The lowest BCUT2D eigenvalue weighted by Crippen LogP contribution is -2.36. The summed E-state index contributed by atoms with van der Waals surface area (Å²) in [5.74, 6) is -0.130. The van der Waals surface area contributed by atoms with E-state index in [1.807, 2.05) is 31.2 Å². The molecule has 0 spiro atoms. The first-order valence-corrected chi connectivity index (χ1v) is 23.3. The van der Waals surface area contributed by atoms with Crippen LogP contribution in [0, 0.1) is 6.92 Å². The normalized spacial score (nSPS) is 13.3. The summed E-state index contributed by atoms with van der Waals surface area (Å²) in [5.41, 5.74) is 10.7. The topological polar surface area (TPSA) is 90.9 Å². The molecular weight excluding hydrogens is 783 g/mol. The average Bonchev–Trinajstić information content (AvgIpc) is 3.20. The number of benzene rings is 2. The number of alkyl carbamates (subject to hydrolysis) is 1. The van der Waals surface area contributed by atoms with Crippen LogP contribution in [0.25, 0.3) is 10.8 Å². The van der Waals surface area contributed by atoms with Crippen molar-refractivity contribution in [2.45, 2.75) is 186 Å². The molecule has 1 amide bonds. The first-order chi connectivity index (χ1) is 29.8. The number of hydrogen-bond acceptors (Lipinski definition) is 6. The van der Waals surface area contributed by atoms with Gasteiger partial charge in [-0.15, -0.1) is 0 Å². The Morgan fingerprint density at radius 3 is 1.33 bits per heavy atom. The smallest absolute Gasteiger partial charge is 0.408 e. The number of carbonyl (C=O) groups excluding carboxylic acids is 3. The highest BCUT2D eigenvalue weighted by Crippen LogP contribution is 2.41. The van der Waals surface area contributed by atoms with Gasteiger partial charge in [-0.2, -0.15) is 0 Å². The van der Waals surface area contributed by atoms with Crippen molar-refractivity contribution in [1.82, 2.24) is 5.32 Å². The number of fused-ring (bicyclic) bond motifs is 1. The summed E-state index contributed by atoms with van der Waals surface area (Å²) in [6.45, 7) is 26.3. The minimum atomic E-state index is -0.703. The molecule has 0 aliphatic carbocycles. The van der Waals surface area contributed by atoms with Crippen LogP contribution < -0.4 is 14.8 Å². The number of allylic oxidation sites excluding steroid dienone is 14. The monoisotopic (exact) mass is 864 g/mol. The van der Waals surface area contributed by atoms with E-state index in [2.05, 4.69) is 103 Å². The lowest BCUT2D eigenvalue weighted by Gasteiger charge is -2.20. The molecule has 7 nitrogen and oxygen atoms in total. The molecule has 0 heterocycles. The fraction of sp³-hybridized carbons (Fsp3) is 0.518. The third kappa shape index (κ3) is 22.8. The number of nitrogens with one attached hydrogen (secondary N) is 1. The maximum absolute atomic E-state index is 13.0. The van der Waals surface area contributed by atoms with Gasteiger partial charge in [0.15, 0.2) is 0 Å². The average molecular weight is 864 g/mol. The molecule has 0 aliphatic rings. The number of rotatable bonds is 25. The molecule has 0 aliphatic heterocycles. The van der Waals surface area contributed by atoms with Crippen LogP contribution in [-0.4, -0.2) is 30.2 Å². The van der Waals surface area contributed by atoms with E-state index < -0.39 is 17.7 Å². The Hall–Kier alpha value is -4.91. The highest BCUT2D eigenvalue weighted by Gasteiger charge is 2.23. The fourth-order valence-electron chi connectivity index (χ4n) is 7.05. The van der Waals surface area contributed by atoms with E-state index in [1.54, 1.807) is 27.7 Å². The molecule has 0 aromatic heterocycles. The third-order valence-electron chi connectivity index (χ3n) is 10.9. The minimum Gasteiger partial charge on any atom is -0.444 e.